The quantitative estimate of drug-likeness (QED) is 0.539. The van der Waals surface area contributed by atoms with Crippen LogP contribution in [0.15, 0.2) is 24.3 Å². The van der Waals surface area contributed by atoms with Gasteiger partial charge >= 0.3 is 0 Å². The van der Waals surface area contributed by atoms with Crippen LogP contribution in [0.5, 0.6) is 0 Å². The van der Waals surface area contributed by atoms with E-state index in [-0.39, 0.29) is 6.61 Å². The molecule has 0 atom stereocenters. The third-order valence-electron chi connectivity index (χ3n) is 1.48. The number of benzene rings is 1. The third-order valence-corrected chi connectivity index (χ3v) is 1.48. The fourth-order valence-corrected chi connectivity index (χ4v) is 0.997. The van der Waals surface area contributed by atoms with Crippen LogP contribution in [-0.4, -0.2) is 19.6 Å². The van der Waals surface area contributed by atoms with Gasteiger partial charge in [0.25, 0.3) is 0 Å². The normalized spacial score (nSPS) is 9.70. The maximum atomic E-state index is 8.61. The van der Waals surface area contributed by atoms with Crippen LogP contribution in [0.1, 0.15) is 5.56 Å². The average molecular weight is 134 g/mol. The molecule has 2 heteroatoms. The monoisotopic (exact) mass is 134 g/mol. The van der Waals surface area contributed by atoms with E-state index < -0.39 is 0 Å². The second-order valence-corrected chi connectivity index (χ2v) is 2.46. The molecule has 0 bridgehead atoms. The van der Waals surface area contributed by atoms with E-state index in [1.165, 1.54) is 11.0 Å². The maximum absolute atomic E-state index is 8.61. The molecule has 1 aromatic rings. The molecule has 0 aliphatic carbocycles. The molecule has 0 saturated heterocycles. The molecular weight excluding hydrogens is 123 g/mol. The molecule has 1 nitrogen and oxygen atoms in total. The first-order valence-corrected chi connectivity index (χ1v) is 3.49. The highest BCUT2D eigenvalue weighted by Crippen LogP contribution is 1.95. The smallest absolute Gasteiger partial charge is 0.139 e. The summed E-state index contributed by atoms with van der Waals surface area (Å²) >= 11 is 0. The molecule has 0 spiro atoms. The molecule has 1 aromatic carbocycles. The van der Waals surface area contributed by atoms with E-state index in [1.807, 2.05) is 12.1 Å². The zero-order valence-corrected chi connectivity index (χ0v) is 6.17. The molecule has 0 aliphatic rings. The summed E-state index contributed by atoms with van der Waals surface area (Å²) in [5, 5.41) is 8.61. The lowest BCUT2D eigenvalue weighted by molar-refractivity contribution is 0.299. The number of aliphatic hydroxyl groups is 1. The van der Waals surface area contributed by atoms with Gasteiger partial charge in [-0.1, -0.05) is 29.7 Å². The predicted octanol–water partition coefficient (Wildman–Crippen LogP) is -0.520. The van der Waals surface area contributed by atoms with Crippen molar-refractivity contribution in [3.8, 4) is 0 Å². The second-order valence-electron chi connectivity index (χ2n) is 2.46. The van der Waals surface area contributed by atoms with Gasteiger partial charge in [-0.15, -0.1) is 0 Å². The van der Waals surface area contributed by atoms with Crippen molar-refractivity contribution >= 4 is 13.3 Å². The average Bonchev–Trinajstić information content (AvgIpc) is 1.88. The third kappa shape index (κ3) is 1.88. The zero-order valence-electron chi connectivity index (χ0n) is 6.17. The minimum atomic E-state index is 0.240. The highest BCUT2D eigenvalue weighted by molar-refractivity contribution is 6.32. The molecule has 1 rings (SSSR count). The van der Waals surface area contributed by atoms with Crippen molar-refractivity contribution in [3.05, 3.63) is 29.8 Å². The Balaban J connectivity index is 2.75. The fraction of sp³-hybridized carbons (Fsp3) is 0.250. The first-order valence-electron chi connectivity index (χ1n) is 3.49. The van der Waals surface area contributed by atoms with Crippen LogP contribution in [0, 0.1) is 0 Å². The van der Waals surface area contributed by atoms with Gasteiger partial charge in [-0.25, -0.2) is 0 Å². The number of rotatable bonds is 2. The van der Waals surface area contributed by atoms with Gasteiger partial charge in [0.15, 0.2) is 0 Å². The fourth-order valence-electron chi connectivity index (χ4n) is 0.997. The molecular formula is C8H11BO. The van der Waals surface area contributed by atoms with E-state index in [4.69, 9.17) is 5.11 Å². The summed E-state index contributed by atoms with van der Waals surface area (Å²) in [6.45, 7) is 0.240. The number of hydrogen-bond donors (Lipinski definition) is 1. The first-order chi connectivity index (χ1) is 4.83. The van der Waals surface area contributed by atoms with Crippen LogP contribution in [0.3, 0.4) is 0 Å². The van der Waals surface area contributed by atoms with Gasteiger partial charge in [0, 0.05) is 6.61 Å². The van der Waals surface area contributed by atoms with Gasteiger partial charge in [0.2, 0.25) is 0 Å². The lowest BCUT2D eigenvalue weighted by Gasteiger charge is -1.97. The molecule has 0 aliphatic heterocycles. The van der Waals surface area contributed by atoms with Gasteiger partial charge in [-0.05, 0) is 12.0 Å². The number of hydrogen-bond acceptors (Lipinski definition) is 1. The Morgan fingerprint density at radius 3 is 2.80 bits per heavy atom. The van der Waals surface area contributed by atoms with Crippen molar-refractivity contribution in [2.75, 3.05) is 6.61 Å². The molecule has 0 unspecified atom stereocenters. The van der Waals surface area contributed by atoms with Crippen molar-refractivity contribution in [2.24, 2.45) is 0 Å². The van der Waals surface area contributed by atoms with Gasteiger partial charge in [-0.3, -0.25) is 0 Å². The molecule has 0 aromatic heterocycles. The summed E-state index contributed by atoms with van der Waals surface area (Å²) in [5.41, 5.74) is 2.47. The molecule has 1 N–H and O–H groups in total. The van der Waals surface area contributed by atoms with Gasteiger partial charge in [0.05, 0.1) is 0 Å². The lowest BCUT2D eigenvalue weighted by atomic mass is 9.94. The van der Waals surface area contributed by atoms with Crippen molar-refractivity contribution < 1.29 is 5.11 Å². The summed E-state index contributed by atoms with van der Waals surface area (Å²) in [4.78, 5) is 0. The van der Waals surface area contributed by atoms with E-state index in [1.54, 1.807) is 0 Å². The molecule has 0 heterocycles. The van der Waals surface area contributed by atoms with E-state index in [0.29, 0.717) is 0 Å². The largest absolute Gasteiger partial charge is 0.396 e. The molecule has 0 radical (unpaired) electrons. The van der Waals surface area contributed by atoms with Crippen LogP contribution in [0.2, 0.25) is 0 Å². The van der Waals surface area contributed by atoms with E-state index in [2.05, 4.69) is 20.0 Å². The van der Waals surface area contributed by atoms with Gasteiger partial charge in [0.1, 0.15) is 7.85 Å². The summed E-state index contributed by atoms with van der Waals surface area (Å²) < 4.78 is 0. The van der Waals surface area contributed by atoms with E-state index in [0.717, 1.165) is 6.42 Å². The minimum absolute atomic E-state index is 0.240. The summed E-state index contributed by atoms with van der Waals surface area (Å²) in [6.07, 6.45) is 0.766. The predicted molar refractivity (Wildman–Crippen MR) is 45.4 cm³/mol. The second kappa shape index (κ2) is 3.42. The number of aliphatic hydroxyl groups excluding tert-OH is 1. The topological polar surface area (TPSA) is 20.2 Å². The molecule has 52 valence electrons. The minimum Gasteiger partial charge on any atom is -0.396 e. The van der Waals surface area contributed by atoms with Crippen molar-refractivity contribution in [3.63, 3.8) is 0 Å². The standard InChI is InChI=1S/C8H11BO/c9-8-3-1-2-7(6-8)4-5-10/h1-3,6,10H,4-5,9H2. The molecule has 10 heavy (non-hydrogen) atoms. The van der Waals surface area contributed by atoms with Crippen LogP contribution < -0.4 is 5.46 Å². The van der Waals surface area contributed by atoms with Gasteiger partial charge in [-0.2, -0.15) is 0 Å². The van der Waals surface area contributed by atoms with Crippen molar-refractivity contribution in [1.29, 1.82) is 0 Å². The Hall–Kier alpha value is -0.755. The summed E-state index contributed by atoms with van der Waals surface area (Å²) in [5.74, 6) is 0. The van der Waals surface area contributed by atoms with Crippen LogP contribution in [0.25, 0.3) is 0 Å². The summed E-state index contributed by atoms with van der Waals surface area (Å²) in [7, 11) is 2.06. The SMILES string of the molecule is Bc1cccc(CCO)c1. The highest BCUT2D eigenvalue weighted by atomic mass is 16.2. The van der Waals surface area contributed by atoms with Crippen molar-refractivity contribution in [2.45, 2.75) is 6.42 Å². The maximum Gasteiger partial charge on any atom is 0.139 e. The Bertz CT molecular complexity index is 210. The lowest BCUT2D eigenvalue weighted by Crippen LogP contribution is -2.03. The Labute approximate surface area is 62.1 Å². The van der Waals surface area contributed by atoms with Crippen LogP contribution >= 0.6 is 0 Å². The Kier molecular flexibility index (Phi) is 2.52. The van der Waals surface area contributed by atoms with E-state index >= 15 is 0 Å². The Morgan fingerprint density at radius 1 is 1.40 bits per heavy atom. The zero-order chi connectivity index (χ0) is 7.40. The van der Waals surface area contributed by atoms with E-state index in [9.17, 15) is 0 Å². The molecule has 0 fully saturated rings. The highest BCUT2D eigenvalue weighted by Gasteiger charge is 1.89. The van der Waals surface area contributed by atoms with Gasteiger partial charge < -0.3 is 5.11 Å². The Morgan fingerprint density at radius 2 is 2.20 bits per heavy atom. The van der Waals surface area contributed by atoms with Crippen LogP contribution in [-0.2, 0) is 6.42 Å². The van der Waals surface area contributed by atoms with Crippen LogP contribution in [0.4, 0.5) is 0 Å². The summed E-state index contributed by atoms with van der Waals surface area (Å²) in [6, 6.07) is 8.20. The molecule has 0 saturated carbocycles. The first kappa shape index (κ1) is 7.35. The van der Waals surface area contributed by atoms with Crippen molar-refractivity contribution in [1.82, 2.24) is 0 Å². The molecule has 0 amide bonds.